The maximum Gasteiger partial charge on any atom is 0.243 e. The number of amides is 1. The van der Waals surface area contributed by atoms with Crippen molar-refractivity contribution in [2.75, 3.05) is 14.2 Å². The SMILES string of the molecule is COc1ccc(CN2C(=O)C(N)C2c2ccco2)cc1OC. The molecular weight excluding hydrogens is 284 g/mol. The maximum atomic E-state index is 12.1. The van der Waals surface area contributed by atoms with Gasteiger partial charge in [-0.2, -0.15) is 0 Å². The Hall–Kier alpha value is -2.47. The highest BCUT2D eigenvalue weighted by molar-refractivity contribution is 5.89. The van der Waals surface area contributed by atoms with Crippen LogP contribution < -0.4 is 15.2 Å². The maximum absolute atomic E-state index is 12.1. The molecule has 6 heteroatoms. The van der Waals surface area contributed by atoms with E-state index in [4.69, 9.17) is 19.6 Å². The Morgan fingerprint density at radius 3 is 2.64 bits per heavy atom. The van der Waals surface area contributed by atoms with Crippen molar-refractivity contribution in [3.63, 3.8) is 0 Å². The Kier molecular flexibility index (Phi) is 3.77. The fourth-order valence-corrected chi connectivity index (χ4v) is 2.72. The Balaban J connectivity index is 1.81. The summed E-state index contributed by atoms with van der Waals surface area (Å²) in [6.07, 6.45) is 1.58. The molecule has 0 radical (unpaired) electrons. The van der Waals surface area contributed by atoms with Crippen molar-refractivity contribution < 1.29 is 18.7 Å². The van der Waals surface area contributed by atoms with Gasteiger partial charge in [0.25, 0.3) is 0 Å². The van der Waals surface area contributed by atoms with E-state index >= 15 is 0 Å². The zero-order valence-electron chi connectivity index (χ0n) is 12.5. The number of furan rings is 1. The summed E-state index contributed by atoms with van der Waals surface area (Å²) in [5.41, 5.74) is 6.85. The topological polar surface area (TPSA) is 77.9 Å². The van der Waals surface area contributed by atoms with Crippen LogP contribution in [0.1, 0.15) is 17.4 Å². The monoisotopic (exact) mass is 302 g/mol. The van der Waals surface area contributed by atoms with E-state index in [9.17, 15) is 4.79 Å². The van der Waals surface area contributed by atoms with Gasteiger partial charge < -0.3 is 24.5 Å². The second kappa shape index (κ2) is 5.73. The molecule has 1 fully saturated rings. The van der Waals surface area contributed by atoms with Crippen LogP contribution in [0.3, 0.4) is 0 Å². The normalized spacial score (nSPS) is 20.7. The van der Waals surface area contributed by atoms with Crippen molar-refractivity contribution in [1.82, 2.24) is 4.90 Å². The molecule has 1 aliphatic heterocycles. The van der Waals surface area contributed by atoms with Gasteiger partial charge in [0.1, 0.15) is 17.8 Å². The molecular formula is C16H18N2O4. The number of nitrogens with zero attached hydrogens (tertiary/aromatic N) is 1. The minimum atomic E-state index is -0.550. The van der Waals surface area contributed by atoms with Gasteiger partial charge in [-0.15, -0.1) is 0 Å². The van der Waals surface area contributed by atoms with Gasteiger partial charge in [-0.25, -0.2) is 0 Å². The molecule has 22 heavy (non-hydrogen) atoms. The zero-order valence-corrected chi connectivity index (χ0v) is 12.5. The molecule has 2 aromatic rings. The van der Waals surface area contributed by atoms with Crippen LogP contribution in [0, 0.1) is 0 Å². The number of hydrogen-bond donors (Lipinski definition) is 1. The lowest BCUT2D eigenvalue weighted by atomic mass is 9.93. The summed E-state index contributed by atoms with van der Waals surface area (Å²) in [6, 6.07) is 8.42. The number of carbonyl (C=O) groups excluding carboxylic acids is 1. The van der Waals surface area contributed by atoms with Gasteiger partial charge in [0, 0.05) is 6.54 Å². The molecule has 2 N–H and O–H groups in total. The first kappa shape index (κ1) is 14.5. The average molecular weight is 302 g/mol. The average Bonchev–Trinajstić information content (AvgIpc) is 3.07. The Morgan fingerprint density at radius 2 is 2.00 bits per heavy atom. The Bertz CT molecular complexity index is 669. The highest BCUT2D eigenvalue weighted by atomic mass is 16.5. The Morgan fingerprint density at radius 1 is 1.23 bits per heavy atom. The van der Waals surface area contributed by atoms with Gasteiger partial charge in [-0.1, -0.05) is 6.07 Å². The summed E-state index contributed by atoms with van der Waals surface area (Å²) in [5.74, 6) is 1.90. The standard InChI is InChI=1S/C16H18N2O4/c1-20-11-6-5-10(8-13(11)21-2)9-18-15(14(17)16(18)19)12-4-3-7-22-12/h3-8,14-15H,9,17H2,1-2H3. The summed E-state index contributed by atoms with van der Waals surface area (Å²) < 4.78 is 15.9. The van der Waals surface area contributed by atoms with Crippen LogP contribution in [-0.4, -0.2) is 31.1 Å². The molecule has 1 amide bonds. The molecule has 0 spiro atoms. The third-order valence-electron chi connectivity index (χ3n) is 3.88. The number of hydrogen-bond acceptors (Lipinski definition) is 5. The van der Waals surface area contributed by atoms with Crippen molar-refractivity contribution in [3.8, 4) is 11.5 Å². The second-order valence-electron chi connectivity index (χ2n) is 5.14. The van der Waals surface area contributed by atoms with Crippen LogP contribution in [-0.2, 0) is 11.3 Å². The van der Waals surface area contributed by atoms with E-state index in [1.807, 2.05) is 24.3 Å². The van der Waals surface area contributed by atoms with Crippen molar-refractivity contribution in [3.05, 3.63) is 47.9 Å². The first-order valence-electron chi connectivity index (χ1n) is 6.96. The largest absolute Gasteiger partial charge is 0.493 e. The van der Waals surface area contributed by atoms with E-state index in [1.54, 1.807) is 31.4 Å². The molecule has 6 nitrogen and oxygen atoms in total. The second-order valence-corrected chi connectivity index (χ2v) is 5.14. The molecule has 2 unspecified atom stereocenters. The van der Waals surface area contributed by atoms with Crippen LogP contribution in [0.15, 0.2) is 41.0 Å². The van der Waals surface area contributed by atoms with E-state index in [-0.39, 0.29) is 11.9 Å². The van der Waals surface area contributed by atoms with Crippen molar-refractivity contribution in [2.45, 2.75) is 18.6 Å². The van der Waals surface area contributed by atoms with Gasteiger partial charge in [0.15, 0.2) is 11.5 Å². The third-order valence-corrected chi connectivity index (χ3v) is 3.88. The molecule has 0 aliphatic carbocycles. The van der Waals surface area contributed by atoms with E-state index in [0.29, 0.717) is 23.8 Å². The van der Waals surface area contributed by atoms with Crippen LogP contribution in [0.2, 0.25) is 0 Å². The number of β-lactam (4-membered cyclic amide) rings is 1. The van der Waals surface area contributed by atoms with E-state index in [1.165, 1.54) is 0 Å². The fraction of sp³-hybridized carbons (Fsp3) is 0.312. The number of carbonyl (C=O) groups is 1. The molecule has 2 atom stereocenters. The zero-order chi connectivity index (χ0) is 15.7. The van der Waals surface area contributed by atoms with Crippen molar-refractivity contribution in [2.24, 2.45) is 5.73 Å². The van der Waals surface area contributed by atoms with Crippen LogP contribution in [0.5, 0.6) is 11.5 Å². The van der Waals surface area contributed by atoms with E-state index in [2.05, 4.69) is 0 Å². The lowest BCUT2D eigenvalue weighted by molar-refractivity contribution is -0.151. The quantitative estimate of drug-likeness (QED) is 0.851. The number of likely N-dealkylation sites (tertiary alicyclic amines) is 1. The predicted octanol–water partition coefficient (Wildman–Crippen LogP) is 1.71. The molecule has 2 heterocycles. The molecule has 3 rings (SSSR count). The molecule has 1 saturated heterocycles. The van der Waals surface area contributed by atoms with Crippen molar-refractivity contribution >= 4 is 5.91 Å². The van der Waals surface area contributed by atoms with Crippen LogP contribution in [0.25, 0.3) is 0 Å². The summed E-state index contributed by atoms with van der Waals surface area (Å²) in [7, 11) is 3.17. The highest BCUT2D eigenvalue weighted by Crippen LogP contribution is 2.36. The minimum Gasteiger partial charge on any atom is -0.493 e. The predicted molar refractivity (Wildman–Crippen MR) is 79.5 cm³/mol. The van der Waals surface area contributed by atoms with E-state index < -0.39 is 6.04 Å². The molecule has 1 aliphatic rings. The number of rotatable bonds is 5. The third kappa shape index (κ3) is 2.31. The first-order valence-corrected chi connectivity index (χ1v) is 6.96. The lowest BCUT2D eigenvalue weighted by Gasteiger charge is -2.44. The molecule has 0 saturated carbocycles. The van der Waals surface area contributed by atoms with Crippen molar-refractivity contribution in [1.29, 1.82) is 0 Å². The highest BCUT2D eigenvalue weighted by Gasteiger charge is 2.47. The summed E-state index contributed by atoms with van der Waals surface area (Å²) >= 11 is 0. The minimum absolute atomic E-state index is 0.0869. The lowest BCUT2D eigenvalue weighted by Crippen LogP contribution is -2.62. The van der Waals surface area contributed by atoms with E-state index in [0.717, 1.165) is 5.56 Å². The summed E-state index contributed by atoms with van der Waals surface area (Å²) in [4.78, 5) is 13.8. The van der Waals surface area contributed by atoms with Gasteiger partial charge in [0.05, 0.1) is 20.5 Å². The Labute approximate surface area is 128 Å². The van der Waals surface area contributed by atoms with Gasteiger partial charge in [-0.05, 0) is 29.8 Å². The number of methoxy groups -OCH3 is 2. The molecule has 1 aromatic heterocycles. The first-order chi connectivity index (χ1) is 10.7. The molecule has 0 bridgehead atoms. The molecule has 116 valence electrons. The smallest absolute Gasteiger partial charge is 0.243 e. The van der Waals surface area contributed by atoms with Crippen LogP contribution in [0.4, 0.5) is 0 Å². The summed E-state index contributed by atoms with van der Waals surface area (Å²) in [5, 5.41) is 0. The summed E-state index contributed by atoms with van der Waals surface area (Å²) in [6.45, 7) is 0.443. The number of ether oxygens (including phenoxy) is 2. The number of benzene rings is 1. The van der Waals surface area contributed by atoms with Gasteiger partial charge in [-0.3, -0.25) is 4.79 Å². The fourth-order valence-electron chi connectivity index (χ4n) is 2.72. The van der Waals surface area contributed by atoms with Gasteiger partial charge in [0.2, 0.25) is 5.91 Å². The van der Waals surface area contributed by atoms with Crippen LogP contribution >= 0.6 is 0 Å². The number of nitrogens with two attached hydrogens (primary N) is 1. The molecule has 1 aromatic carbocycles. The van der Waals surface area contributed by atoms with Gasteiger partial charge >= 0.3 is 0 Å².